The van der Waals surface area contributed by atoms with E-state index in [-0.39, 0.29) is 47.0 Å². The number of amides is 1. The highest BCUT2D eigenvalue weighted by atomic mass is 35.5. The molecule has 26 heavy (non-hydrogen) atoms. The van der Waals surface area contributed by atoms with Crippen molar-refractivity contribution in [2.24, 2.45) is 0 Å². The van der Waals surface area contributed by atoms with Gasteiger partial charge in [-0.3, -0.25) is 4.79 Å². The molecule has 1 atom stereocenters. The van der Waals surface area contributed by atoms with Crippen LogP contribution in [0.5, 0.6) is 0 Å². The number of rotatable bonds is 6. The van der Waals surface area contributed by atoms with Crippen LogP contribution in [0.15, 0.2) is 29.2 Å². The smallest absolute Gasteiger partial charge is 0.221 e. The lowest BCUT2D eigenvalue weighted by Gasteiger charge is -2.23. The number of carbonyl (C=O) groups excluding carboxylic acids is 1. The summed E-state index contributed by atoms with van der Waals surface area (Å²) in [6.45, 7) is 8.25. The quantitative estimate of drug-likeness (QED) is 0.753. The van der Waals surface area contributed by atoms with Crippen LogP contribution in [-0.2, 0) is 24.8 Å². The average molecular weight is 405 g/mol. The van der Waals surface area contributed by atoms with Crippen LogP contribution < -0.4 is 10.6 Å². The fourth-order valence-electron chi connectivity index (χ4n) is 2.65. The third kappa shape index (κ3) is 6.87. The summed E-state index contributed by atoms with van der Waals surface area (Å²) in [4.78, 5) is 12.2. The molecule has 1 aromatic rings. The summed E-state index contributed by atoms with van der Waals surface area (Å²) in [7, 11) is -3.41. The van der Waals surface area contributed by atoms with Gasteiger partial charge in [-0.2, -0.15) is 0 Å². The van der Waals surface area contributed by atoms with E-state index < -0.39 is 9.84 Å². The summed E-state index contributed by atoms with van der Waals surface area (Å²) in [5.74, 6) is -0.274. The summed E-state index contributed by atoms with van der Waals surface area (Å²) in [6.07, 6.45) is 0.292. The van der Waals surface area contributed by atoms with E-state index in [2.05, 4.69) is 31.4 Å². The van der Waals surface area contributed by atoms with Crippen LogP contribution >= 0.6 is 12.4 Å². The number of hydrogen-bond donors (Lipinski definition) is 2. The largest absolute Gasteiger partial charge is 0.378 e. The van der Waals surface area contributed by atoms with Gasteiger partial charge in [-0.25, -0.2) is 8.42 Å². The third-order valence-electron chi connectivity index (χ3n) is 4.20. The van der Waals surface area contributed by atoms with Crippen molar-refractivity contribution < 1.29 is 17.9 Å². The van der Waals surface area contributed by atoms with E-state index in [0.717, 1.165) is 12.1 Å². The SMILES string of the molecule is CC(C)(C)c1ccc(S(=O)(=O)CCNC(=O)CC2COCCN2)cc1.Cl. The minimum atomic E-state index is -3.41. The number of hydrogen-bond acceptors (Lipinski definition) is 5. The first-order valence-electron chi connectivity index (χ1n) is 8.59. The van der Waals surface area contributed by atoms with Crippen LogP contribution in [0, 0.1) is 0 Å². The number of benzene rings is 1. The zero-order valence-electron chi connectivity index (χ0n) is 15.6. The van der Waals surface area contributed by atoms with Gasteiger partial charge in [0.2, 0.25) is 5.91 Å². The fourth-order valence-corrected chi connectivity index (χ4v) is 3.81. The molecule has 1 unspecified atom stereocenters. The van der Waals surface area contributed by atoms with E-state index in [0.29, 0.717) is 19.6 Å². The molecule has 0 spiro atoms. The summed E-state index contributed by atoms with van der Waals surface area (Å²) >= 11 is 0. The van der Waals surface area contributed by atoms with E-state index in [4.69, 9.17) is 4.74 Å². The zero-order valence-corrected chi connectivity index (χ0v) is 17.2. The second kappa shape index (κ2) is 9.69. The number of ether oxygens (including phenoxy) is 1. The molecule has 1 aliphatic heterocycles. The zero-order chi connectivity index (χ0) is 18.5. The van der Waals surface area contributed by atoms with Crippen molar-refractivity contribution in [3.05, 3.63) is 29.8 Å². The first-order chi connectivity index (χ1) is 11.7. The molecule has 1 saturated heterocycles. The molecular weight excluding hydrogens is 376 g/mol. The normalized spacial score (nSPS) is 18.0. The summed E-state index contributed by atoms with van der Waals surface area (Å²) in [5, 5.41) is 5.87. The molecule has 2 rings (SSSR count). The van der Waals surface area contributed by atoms with Crippen LogP contribution in [0.4, 0.5) is 0 Å². The Morgan fingerprint density at radius 3 is 2.46 bits per heavy atom. The summed E-state index contributed by atoms with van der Waals surface area (Å²) < 4.78 is 30.1. The average Bonchev–Trinajstić information content (AvgIpc) is 2.55. The lowest BCUT2D eigenvalue weighted by Crippen LogP contribution is -2.44. The van der Waals surface area contributed by atoms with Gasteiger partial charge in [0.15, 0.2) is 9.84 Å². The monoisotopic (exact) mass is 404 g/mol. The first kappa shape index (κ1) is 22.9. The lowest BCUT2D eigenvalue weighted by molar-refractivity contribution is -0.122. The Morgan fingerprint density at radius 2 is 1.92 bits per heavy atom. The highest BCUT2D eigenvalue weighted by molar-refractivity contribution is 7.91. The lowest BCUT2D eigenvalue weighted by atomic mass is 9.87. The van der Waals surface area contributed by atoms with E-state index in [1.807, 2.05) is 12.1 Å². The Bertz CT molecular complexity index is 678. The number of sulfone groups is 1. The number of carbonyl (C=O) groups is 1. The van der Waals surface area contributed by atoms with Gasteiger partial charge in [0, 0.05) is 25.6 Å². The molecule has 0 radical (unpaired) electrons. The van der Waals surface area contributed by atoms with Gasteiger partial charge < -0.3 is 15.4 Å². The molecule has 1 amide bonds. The van der Waals surface area contributed by atoms with Crippen LogP contribution in [0.1, 0.15) is 32.8 Å². The van der Waals surface area contributed by atoms with Crippen molar-refractivity contribution in [2.75, 3.05) is 32.1 Å². The van der Waals surface area contributed by atoms with Crippen LogP contribution in [0.25, 0.3) is 0 Å². The molecule has 2 N–H and O–H groups in total. The second-order valence-electron chi connectivity index (χ2n) is 7.37. The Labute approximate surface area is 162 Å². The maximum Gasteiger partial charge on any atom is 0.221 e. The molecule has 1 heterocycles. The molecule has 8 heteroatoms. The minimum absolute atomic E-state index is 0. The summed E-state index contributed by atoms with van der Waals surface area (Å²) in [5.41, 5.74) is 1.06. The predicted octanol–water partition coefficient (Wildman–Crippen LogP) is 1.67. The highest BCUT2D eigenvalue weighted by Gasteiger charge is 2.19. The van der Waals surface area contributed by atoms with Crippen LogP contribution in [-0.4, -0.2) is 52.4 Å². The molecule has 1 fully saturated rings. The molecule has 148 valence electrons. The number of morpholine rings is 1. The third-order valence-corrected chi connectivity index (χ3v) is 5.93. The molecule has 0 aliphatic carbocycles. The second-order valence-corrected chi connectivity index (χ2v) is 9.48. The Hall–Kier alpha value is -1.15. The molecule has 1 aliphatic rings. The maximum absolute atomic E-state index is 12.4. The molecule has 6 nitrogen and oxygen atoms in total. The fraction of sp³-hybridized carbons (Fsp3) is 0.611. The Morgan fingerprint density at radius 1 is 1.27 bits per heavy atom. The number of halogens is 1. The first-order valence-corrected chi connectivity index (χ1v) is 10.2. The van der Waals surface area contributed by atoms with Gasteiger partial charge in [0.1, 0.15) is 0 Å². The summed E-state index contributed by atoms with van der Waals surface area (Å²) in [6, 6.07) is 6.97. The van der Waals surface area contributed by atoms with Gasteiger partial charge in [0.05, 0.1) is 23.9 Å². The minimum Gasteiger partial charge on any atom is -0.378 e. The predicted molar refractivity (Wildman–Crippen MR) is 105 cm³/mol. The van der Waals surface area contributed by atoms with Gasteiger partial charge >= 0.3 is 0 Å². The van der Waals surface area contributed by atoms with E-state index in [1.54, 1.807) is 12.1 Å². The molecular formula is C18H29ClN2O4S. The van der Waals surface area contributed by atoms with Gasteiger partial charge in [0.25, 0.3) is 0 Å². The van der Waals surface area contributed by atoms with E-state index in [1.165, 1.54) is 0 Å². The Kier molecular flexibility index (Phi) is 8.53. The van der Waals surface area contributed by atoms with E-state index in [9.17, 15) is 13.2 Å². The topological polar surface area (TPSA) is 84.5 Å². The van der Waals surface area contributed by atoms with Gasteiger partial charge in [-0.1, -0.05) is 32.9 Å². The van der Waals surface area contributed by atoms with Crippen molar-refractivity contribution in [1.82, 2.24) is 10.6 Å². The van der Waals surface area contributed by atoms with Crippen molar-refractivity contribution in [3.63, 3.8) is 0 Å². The van der Waals surface area contributed by atoms with Crippen LogP contribution in [0.3, 0.4) is 0 Å². The molecule has 0 aromatic heterocycles. The number of nitrogens with one attached hydrogen (secondary N) is 2. The molecule has 0 bridgehead atoms. The molecule has 1 aromatic carbocycles. The highest BCUT2D eigenvalue weighted by Crippen LogP contribution is 2.23. The van der Waals surface area contributed by atoms with E-state index >= 15 is 0 Å². The Balaban J connectivity index is 0.00000338. The van der Waals surface area contributed by atoms with Gasteiger partial charge in [-0.05, 0) is 23.1 Å². The van der Waals surface area contributed by atoms with Gasteiger partial charge in [-0.15, -0.1) is 12.4 Å². The van der Waals surface area contributed by atoms with Crippen molar-refractivity contribution >= 4 is 28.2 Å². The van der Waals surface area contributed by atoms with Crippen molar-refractivity contribution in [3.8, 4) is 0 Å². The van der Waals surface area contributed by atoms with Crippen molar-refractivity contribution in [1.29, 1.82) is 0 Å². The van der Waals surface area contributed by atoms with Crippen LogP contribution in [0.2, 0.25) is 0 Å². The standard InChI is InChI=1S/C18H28N2O4S.ClH/c1-18(2,3)14-4-6-16(7-5-14)25(22,23)11-9-20-17(21)12-15-13-24-10-8-19-15;/h4-7,15,19H,8-13H2,1-3H3,(H,20,21);1H. The molecule has 0 saturated carbocycles. The van der Waals surface area contributed by atoms with Crippen molar-refractivity contribution in [2.45, 2.75) is 43.5 Å². The maximum atomic E-state index is 12.4.